The van der Waals surface area contributed by atoms with Crippen molar-refractivity contribution in [3.8, 4) is 5.75 Å². The second kappa shape index (κ2) is 8.91. The number of halogens is 1. The predicted octanol–water partition coefficient (Wildman–Crippen LogP) is 3.15. The number of rotatable bonds is 7. The van der Waals surface area contributed by atoms with Crippen LogP contribution in [0.4, 0.5) is 5.69 Å². The molecule has 0 aromatic heterocycles. The summed E-state index contributed by atoms with van der Waals surface area (Å²) in [6.07, 6.45) is 1.32. The van der Waals surface area contributed by atoms with Gasteiger partial charge < -0.3 is 4.74 Å². The molecule has 2 aromatic carbocycles. The summed E-state index contributed by atoms with van der Waals surface area (Å²) in [6, 6.07) is 11.3. The molecule has 158 valence electrons. The van der Waals surface area contributed by atoms with Crippen LogP contribution in [0, 0.1) is 0 Å². The van der Waals surface area contributed by atoms with Crippen LogP contribution >= 0.6 is 11.6 Å². The highest BCUT2D eigenvalue weighted by molar-refractivity contribution is 7.92. The van der Waals surface area contributed by atoms with Crippen LogP contribution in [0.5, 0.6) is 5.75 Å². The Morgan fingerprint density at radius 3 is 2.62 bits per heavy atom. The Bertz CT molecular complexity index is 1090. The topological polar surface area (TPSA) is 92.8 Å². The second-order valence-electron chi connectivity index (χ2n) is 6.58. The van der Waals surface area contributed by atoms with E-state index in [1.165, 1.54) is 16.4 Å². The van der Waals surface area contributed by atoms with Crippen molar-refractivity contribution in [1.82, 2.24) is 4.72 Å². The third-order valence-electron chi connectivity index (χ3n) is 4.56. The Morgan fingerprint density at radius 2 is 1.93 bits per heavy atom. The number of anilines is 1. The predicted molar refractivity (Wildman–Crippen MR) is 113 cm³/mol. The standard InChI is InChI=1S/C19H23ClN2O5S2/c1-2-27-18-10-9-16(22-11-5-6-12-28(22,23)24)13-19(18)29(25,26)21-14-15-7-3-4-8-17(15)20/h3-4,7-10,13,21H,2,5-6,11-12,14H2,1H3. The van der Waals surface area contributed by atoms with E-state index in [0.29, 0.717) is 29.2 Å². The van der Waals surface area contributed by atoms with Crippen LogP contribution in [0.1, 0.15) is 25.3 Å². The van der Waals surface area contributed by atoms with Crippen molar-refractivity contribution < 1.29 is 21.6 Å². The van der Waals surface area contributed by atoms with Crippen molar-refractivity contribution in [1.29, 1.82) is 0 Å². The number of sulfonamides is 2. The van der Waals surface area contributed by atoms with Gasteiger partial charge in [0.2, 0.25) is 20.0 Å². The average molecular weight is 459 g/mol. The van der Waals surface area contributed by atoms with Gasteiger partial charge in [-0.1, -0.05) is 29.8 Å². The maximum absolute atomic E-state index is 13.0. The molecule has 7 nitrogen and oxygen atoms in total. The van der Waals surface area contributed by atoms with Gasteiger partial charge in [0.25, 0.3) is 0 Å². The highest BCUT2D eigenvalue weighted by Crippen LogP contribution is 2.32. The first kappa shape index (κ1) is 21.9. The van der Waals surface area contributed by atoms with Crippen LogP contribution in [0.15, 0.2) is 47.4 Å². The molecule has 1 fully saturated rings. The van der Waals surface area contributed by atoms with Gasteiger partial charge in [-0.3, -0.25) is 4.31 Å². The highest BCUT2D eigenvalue weighted by Gasteiger charge is 2.28. The normalized spacial score (nSPS) is 16.6. The summed E-state index contributed by atoms with van der Waals surface area (Å²) >= 11 is 6.11. The van der Waals surface area contributed by atoms with Gasteiger partial charge in [-0.2, -0.15) is 0 Å². The zero-order valence-electron chi connectivity index (χ0n) is 16.0. The van der Waals surface area contributed by atoms with Crippen LogP contribution < -0.4 is 13.8 Å². The van der Waals surface area contributed by atoms with Crippen molar-refractivity contribution in [3.63, 3.8) is 0 Å². The monoisotopic (exact) mass is 458 g/mol. The molecule has 1 saturated heterocycles. The summed E-state index contributed by atoms with van der Waals surface area (Å²) in [7, 11) is -7.45. The van der Waals surface area contributed by atoms with Gasteiger partial charge >= 0.3 is 0 Å². The molecule has 0 bridgehead atoms. The quantitative estimate of drug-likeness (QED) is 0.688. The lowest BCUT2D eigenvalue weighted by molar-refractivity contribution is 0.331. The van der Waals surface area contributed by atoms with E-state index >= 15 is 0 Å². The minimum Gasteiger partial charge on any atom is -0.492 e. The van der Waals surface area contributed by atoms with E-state index in [9.17, 15) is 16.8 Å². The summed E-state index contributed by atoms with van der Waals surface area (Å²) in [6.45, 7) is 2.34. The fraction of sp³-hybridized carbons (Fsp3) is 0.368. The second-order valence-corrected chi connectivity index (χ2v) is 10.7. The zero-order chi connectivity index (χ0) is 21.1. The molecular weight excluding hydrogens is 436 g/mol. The molecule has 0 aliphatic carbocycles. The van der Waals surface area contributed by atoms with Crippen molar-refractivity contribution in [2.45, 2.75) is 31.2 Å². The first-order chi connectivity index (χ1) is 13.7. The lowest BCUT2D eigenvalue weighted by Crippen LogP contribution is -2.38. The number of nitrogens with one attached hydrogen (secondary N) is 1. The fourth-order valence-corrected chi connectivity index (χ4v) is 6.11. The number of ether oxygens (including phenoxy) is 1. The first-order valence-electron chi connectivity index (χ1n) is 9.25. The third-order valence-corrected chi connectivity index (χ3v) is 8.23. The van der Waals surface area contributed by atoms with Crippen LogP contribution in [0.2, 0.25) is 5.02 Å². The molecule has 1 heterocycles. The molecule has 0 atom stereocenters. The lowest BCUT2D eigenvalue weighted by atomic mass is 10.2. The van der Waals surface area contributed by atoms with Crippen LogP contribution in [0.25, 0.3) is 0 Å². The van der Waals surface area contributed by atoms with Crippen molar-refractivity contribution in [3.05, 3.63) is 53.1 Å². The molecule has 0 unspecified atom stereocenters. The molecule has 0 radical (unpaired) electrons. The Labute approximate surface area is 176 Å². The molecule has 1 aliphatic heterocycles. The van der Waals surface area contributed by atoms with Crippen LogP contribution in [-0.2, 0) is 26.6 Å². The molecule has 29 heavy (non-hydrogen) atoms. The van der Waals surface area contributed by atoms with E-state index in [1.807, 2.05) is 0 Å². The summed E-state index contributed by atoms with van der Waals surface area (Å²) in [5, 5.41) is 0.452. The van der Waals surface area contributed by atoms with Gasteiger partial charge in [-0.15, -0.1) is 0 Å². The largest absolute Gasteiger partial charge is 0.492 e. The fourth-order valence-electron chi connectivity index (χ4n) is 3.11. The Morgan fingerprint density at radius 1 is 1.17 bits per heavy atom. The molecule has 2 aromatic rings. The SMILES string of the molecule is CCOc1ccc(N2CCCCS2(=O)=O)cc1S(=O)(=O)NCc1ccccc1Cl. The van der Waals surface area contributed by atoms with Gasteiger partial charge in [0, 0.05) is 18.1 Å². The van der Waals surface area contributed by atoms with Crippen molar-refractivity contribution in [2.24, 2.45) is 0 Å². The Kier molecular flexibility index (Phi) is 6.72. The van der Waals surface area contributed by atoms with Crippen molar-refractivity contribution >= 4 is 37.3 Å². The van der Waals surface area contributed by atoms with E-state index in [4.69, 9.17) is 16.3 Å². The number of hydrogen-bond acceptors (Lipinski definition) is 5. The molecule has 1 N–H and O–H groups in total. The van der Waals surface area contributed by atoms with Gasteiger partial charge in [0.15, 0.2) is 0 Å². The van der Waals surface area contributed by atoms with Crippen molar-refractivity contribution in [2.75, 3.05) is 23.2 Å². The van der Waals surface area contributed by atoms with E-state index < -0.39 is 20.0 Å². The molecule has 3 rings (SSSR count). The highest BCUT2D eigenvalue weighted by atomic mass is 35.5. The zero-order valence-corrected chi connectivity index (χ0v) is 18.4. The van der Waals surface area contributed by atoms with Gasteiger partial charge in [-0.25, -0.2) is 21.6 Å². The number of nitrogens with zero attached hydrogens (tertiary/aromatic N) is 1. The Hall–Kier alpha value is -1.81. The Balaban J connectivity index is 1.95. The van der Waals surface area contributed by atoms with Crippen LogP contribution in [0.3, 0.4) is 0 Å². The average Bonchev–Trinajstić information content (AvgIpc) is 2.68. The minimum atomic E-state index is -3.98. The first-order valence-corrected chi connectivity index (χ1v) is 12.7. The molecule has 1 aliphatic rings. The van der Waals surface area contributed by atoms with Crippen LogP contribution in [-0.4, -0.2) is 35.7 Å². The molecular formula is C19H23ClN2O5S2. The smallest absolute Gasteiger partial charge is 0.244 e. The van der Waals surface area contributed by atoms with Gasteiger partial charge in [0.1, 0.15) is 10.6 Å². The minimum absolute atomic E-state index is 0.000186. The molecule has 0 saturated carbocycles. The third kappa shape index (κ3) is 5.03. The summed E-state index contributed by atoms with van der Waals surface area (Å²) < 4.78 is 60.1. The molecule has 0 amide bonds. The van der Waals surface area contributed by atoms with Gasteiger partial charge in [0.05, 0.1) is 18.0 Å². The lowest BCUT2D eigenvalue weighted by Gasteiger charge is -2.28. The summed E-state index contributed by atoms with van der Waals surface area (Å²) in [5.74, 6) is 0.213. The molecule has 0 spiro atoms. The van der Waals surface area contributed by atoms with E-state index in [0.717, 1.165) is 6.42 Å². The number of hydrogen-bond donors (Lipinski definition) is 1. The summed E-state index contributed by atoms with van der Waals surface area (Å²) in [4.78, 5) is -0.107. The van der Waals surface area contributed by atoms with E-state index in [1.54, 1.807) is 37.3 Å². The summed E-state index contributed by atoms with van der Waals surface area (Å²) in [5.41, 5.74) is 0.941. The maximum atomic E-state index is 13.0. The van der Waals surface area contributed by atoms with E-state index in [-0.39, 0.29) is 29.5 Å². The maximum Gasteiger partial charge on any atom is 0.244 e. The molecule has 10 heteroatoms. The van der Waals surface area contributed by atoms with E-state index in [2.05, 4.69) is 4.72 Å². The number of benzene rings is 2. The van der Waals surface area contributed by atoms with Gasteiger partial charge in [-0.05, 0) is 49.6 Å².